The standard InChI is InChI=1S/C25H42N4O6/c1-10-11-14(17(30)19(26)31)27-20(32)16-15-13(25(15,8)9)12-29(16)21(33)18(23(2,3)4)28-22(34)35-24(5,6)7/h13-16,18H,10-12H2,1-9H3,(H2,26,31)(H,27,32)(H,28,34)/t13-,14-,15-,16-,18+/m0/s1. The maximum atomic E-state index is 13.8. The molecule has 0 aromatic carbocycles. The van der Waals surface area contributed by atoms with E-state index in [4.69, 9.17) is 10.5 Å². The molecule has 0 aromatic heterocycles. The highest BCUT2D eigenvalue weighted by molar-refractivity contribution is 6.37. The molecular weight excluding hydrogens is 452 g/mol. The van der Waals surface area contributed by atoms with Crippen molar-refractivity contribution in [3.8, 4) is 0 Å². The first-order chi connectivity index (χ1) is 15.8. The zero-order valence-corrected chi connectivity index (χ0v) is 22.5. The van der Waals surface area contributed by atoms with Gasteiger partial charge in [-0.1, -0.05) is 48.0 Å². The number of amides is 4. The lowest BCUT2D eigenvalue weighted by atomic mass is 9.85. The molecule has 1 heterocycles. The summed E-state index contributed by atoms with van der Waals surface area (Å²) in [7, 11) is 0. The molecule has 0 spiro atoms. The van der Waals surface area contributed by atoms with Crippen molar-refractivity contribution >= 4 is 29.6 Å². The number of hydrogen-bond acceptors (Lipinski definition) is 6. The van der Waals surface area contributed by atoms with E-state index in [-0.39, 0.29) is 29.6 Å². The summed E-state index contributed by atoms with van der Waals surface area (Å²) in [4.78, 5) is 65.0. The number of rotatable bonds is 8. The minimum Gasteiger partial charge on any atom is -0.444 e. The summed E-state index contributed by atoms with van der Waals surface area (Å²) in [6.07, 6.45) is 0.101. The van der Waals surface area contributed by atoms with Crippen LogP contribution in [0.4, 0.5) is 4.79 Å². The van der Waals surface area contributed by atoms with Crippen LogP contribution in [-0.2, 0) is 23.9 Å². The minimum atomic E-state index is -1.11. The minimum absolute atomic E-state index is 0.0976. The van der Waals surface area contributed by atoms with Crippen molar-refractivity contribution in [2.24, 2.45) is 28.4 Å². The van der Waals surface area contributed by atoms with E-state index in [1.165, 1.54) is 4.90 Å². The Bertz CT molecular complexity index is 885. The summed E-state index contributed by atoms with van der Waals surface area (Å²) < 4.78 is 5.36. The number of Topliss-reactive ketones (excluding diaryl/α,β-unsaturated/α-hetero) is 1. The summed E-state index contributed by atoms with van der Waals surface area (Å²) in [6, 6.07) is -2.80. The second kappa shape index (κ2) is 9.78. The molecule has 10 nitrogen and oxygen atoms in total. The van der Waals surface area contributed by atoms with Crippen LogP contribution in [0.15, 0.2) is 0 Å². The number of fused-ring (bicyclic) bond motifs is 1. The Labute approximate surface area is 208 Å². The van der Waals surface area contributed by atoms with Gasteiger partial charge in [-0.05, 0) is 49.9 Å². The van der Waals surface area contributed by atoms with Crippen LogP contribution in [0.1, 0.15) is 75.2 Å². The van der Waals surface area contributed by atoms with E-state index in [0.29, 0.717) is 13.0 Å². The Morgan fingerprint density at radius 3 is 2.09 bits per heavy atom. The van der Waals surface area contributed by atoms with Crippen LogP contribution in [0.2, 0.25) is 0 Å². The van der Waals surface area contributed by atoms with Crippen LogP contribution in [0, 0.1) is 22.7 Å². The zero-order chi connectivity index (χ0) is 27.1. The molecule has 10 heteroatoms. The fraction of sp³-hybridized carbons (Fsp3) is 0.800. The van der Waals surface area contributed by atoms with Crippen LogP contribution in [0.5, 0.6) is 0 Å². The lowest BCUT2D eigenvalue weighted by Gasteiger charge is -2.38. The van der Waals surface area contributed by atoms with Gasteiger partial charge in [0.15, 0.2) is 0 Å². The molecule has 2 fully saturated rings. The Kier molecular flexibility index (Phi) is 7.98. The number of carbonyl (C=O) groups is 5. The highest BCUT2D eigenvalue weighted by Crippen LogP contribution is 2.65. The van der Waals surface area contributed by atoms with E-state index in [2.05, 4.69) is 10.6 Å². The second-order valence-corrected chi connectivity index (χ2v) is 12.4. The van der Waals surface area contributed by atoms with E-state index < -0.39 is 52.8 Å². The quantitative estimate of drug-likeness (QED) is 0.438. The average molecular weight is 495 g/mol. The number of alkyl carbamates (subject to hydrolysis) is 1. The fourth-order valence-electron chi connectivity index (χ4n) is 5.04. The van der Waals surface area contributed by atoms with Crippen molar-refractivity contribution in [3.63, 3.8) is 0 Å². The lowest BCUT2D eigenvalue weighted by Crippen LogP contribution is -2.60. The third-order valence-electron chi connectivity index (χ3n) is 6.99. The number of ether oxygens (including phenoxy) is 1. The molecule has 4 N–H and O–H groups in total. The molecule has 198 valence electrons. The van der Waals surface area contributed by atoms with Gasteiger partial charge in [0.2, 0.25) is 17.6 Å². The molecule has 4 amide bonds. The van der Waals surface area contributed by atoms with E-state index >= 15 is 0 Å². The molecular formula is C25H42N4O6. The summed E-state index contributed by atoms with van der Waals surface area (Å²) in [6.45, 7) is 17.0. The maximum Gasteiger partial charge on any atom is 0.408 e. The van der Waals surface area contributed by atoms with Gasteiger partial charge in [-0.15, -0.1) is 0 Å². The third-order valence-corrected chi connectivity index (χ3v) is 6.99. The smallest absolute Gasteiger partial charge is 0.408 e. The zero-order valence-electron chi connectivity index (χ0n) is 22.5. The van der Waals surface area contributed by atoms with Crippen molar-refractivity contribution in [3.05, 3.63) is 0 Å². The Balaban J connectivity index is 2.31. The summed E-state index contributed by atoms with van der Waals surface area (Å²) in [5, 5.41) is 5.37. The molecule has 1 saturated carbocycles. The normalized spacial score (nSPS) is 24.6. The van der Waals surface area contributed by atoms with Crippen LogP contribution >= 0.6 is 0 Å². The fourth-order valence-corrected chi connectivity index (χ4v) is 5.04. The molecule has 0 aromatic rings. The Hall–Kier alpha value is -2.65. The Morgan fingerprint density at radius 1 is 1.06 bits per heavy atom. The number of primary amides is 1. The number of hydrogen-bond donors (Lipinski definition) is 3. The number of nitrogens with one attached hydrogen (secondary N) is 2. The molecule has 1 aliphatic carbocycles. The van der Waals surface area contributed by atoms with Gasteiger partial charge in [-0.2, -0.15) is 0 Å². The molecule has 5 atom stereocenters. The van der Waals surface area contributed by atoms with Crippen LogP contribution < -0.4 is 16.4 Å². The largest absolute Gasteiger partial charge is 0.444 e. The predicted molar refractivity (Wildman–Crippen MR) is 130 cm³/mol. The number of ketones is 1. The lowest BCUT2D eigenvalue weighted by molar-refractivity contribution is -0.145. The summed E-state index contributed by atoms with van der Waals surface area (Å²) in [5.41, 5.74) is 3.62. The molecule has 0 radical (unpaired) electrons. The first-order valence-corrected chi connectivity index (χ1v) is 12.3. The highest BCUT2D eigenvalue weighted by atomic mass is 16.6. The van der Waals surface area contributed by atoms with Crippen LogP contribution in [-0.4, -0.2) is 64.8 Å². The van der Waals surface area contributed by atoms with Crippen molar-refractivity contribution in [1.29, 1.82) is 0 Å². The highest BCUT2D eigenvalue weighted by Gasteiger charge is 2.69. The van der Waals surface area contributed by atoms with Crippen molar-refractivity contribution in [1.82, 2.24) is 15.5 Å². The van der Waals surface area contributed by atoms with Gasteiger partial charge in [0.1, 0.15) is 17.7 Å². The third kappa shape index (κ3) is 6.32. The summed E-state index contributed by atoms with van der Waals surface area (Å²) >= 11 is 0. The van der Waals surface area contributed by atoms with Crippen LogP contribution in [0.25, 0.3) is 0 Å². The van der Waals surface area contributed by atoms with E-state index in [1.54, 1.807) is 20.8 Å². The van der Waals surface area contributed by atoms with Crippen molar-refractivity contribution < 1.29 is 28.7 Å². The van der Waals surface area contributed by atoms with Crippen molar-refractivity contribution in [2.45, 2.75) is 98.9 Å². The Morgan fingerprint density at radius 2 is 1.63 bits per heavy atom. The molecule has 2 aliphatic rings. The van der Waals surface area contributed by atoms with Gasteiger partial charge >= 0.3 is 6.09 Å². The number of carbonyl (C=O) groups excluding carboxylic acids is 5. The van der Waals surface area contributed by atoms with Gasteiger partial charge in [0.05, 0.1) is 6.04 Å². The number of piperidine rings is 1. The SMILES string of the molecule is CCC[C@H](NC(=O)[C@@H]1[C@@H]2[C@H](CN1C(=O)[C@@H](NC(=O)OC(C)(C)C)C(C)(C)C)C2(C)C)C(=O)C(N)=O. The van der Waals surface area contributed by atoms with Gasteiger partial charge < -0.3 is 26.0 Å². The molecule has 0 bridgehead atoms. The number of likely N-dealkylation sites (tertiary alicyclic amines) is 1. The maximum absolute atomic E-state index is 13.8. The second-order valence-electron chi connectivity index (χ2n) is 12.4. The van der Waals surface area contributed by atoms with Gasteiger partial charge in [0, 0.05) is 6.54 Å². The van der Waals surface area contributed by atoms with Crippen LogP contribution in [0.3, 0.4) is 0 Å². The summed E-state index contributed by atoms with van der Waals surface area (Å²) in [5.74, 6) is -2.83. The van der Waals surface area contributed by atoms with E-state index in [9.17, 15) is 24.0 Å². The van der Waals surface area contributed by atoms with Gasteiger partial charge in [-0.3, -0.25) is 19.2 Å². The number of nitrogens with two attached hydrogens (primary N) is 1. The van der Waals surface area contributed by atoms with E-state index in [1.807, 2.05) is 41.5 Å². The van der Waals surface area contributed by atoms with Crippen molar-refractivity contribution in [2.75, 3.05) is 6.54 Å². The predicted octanol–water partition coefficient (Wildman–Crippen LogP) is 1.75. The molecule has 1 saturated heterocycles. The molecule has 2 rings (SSSR count). The van der Waals surface area contributed by atoms with Gasteiger partial charge in [0.25, 0.3) is 5.91 Å². The molecule has 1 aliphatic heterocycles. The topological polar surface area (TPSA) is 148 Å². The average Bonchev–Trinajstić information content (AvgIpc) is 3.03. The monoisotopic (exact) mass is 494 g/mol. The molecule has 0 unspecified atom stereocenters. The first-order valence-electron chi connectivity index (χ1n) is 12.3. The van der Waals surface area contributed by atoms with E-state index in [0.717, 1.165) is 0 Å². The first kappa shape index (κ1) is 28.6. The molecule has 35 heavy (non-hydrogen) atoms. The van der Waals surface area contributed by atoms with Gasteiger partial charge in [-0.25, -0.2) is 4.79 Å². The number of nitrogens with zero attached hydrogens (tertiary/aromatic N) is 1.